The van der Waals surface area contributed by atoms with Gasteiger partial charge in [-0.3, -0.25) is 4.79 Å². The highest BCUT2D eigenvalue weighted by molar-refractivity contribution is 5.70. The molecule has 6 heteroatoms. The molecule has 0 amide bonds. The standard InChI is InChI=1S/C12H17N3O3/c1-3-18-11-4-10(13-7-14-11)15-5-9(6-15)8(2)12(16)17/h4,7-9H,3,5-6H2,1-2H3,(H,16,17). The van der Waals surface area contributed by atoms with E-state index >= 15 is 0 Å². The second-order valence-electron chi connectivity index (χ2n) is 4.44. The molecule has 1 atom stereocenters. The average molecular weight is 251 g/mol. The fourth-order valence-electron chi connectivity index (χ4n) is 1.95. The normalized spacial score (nSPS) is 17.1. The van der Waals surface area contributed by atoms with Crippen LogP contribution in [0, 0.1) is 11.8 Å². The van der Waals surface area contributed by atoms with Crippen molar-refractivity contribution in [2.45, 2.75) is 13.8 Å². The number of aliphatic carboxylic acids is 1. The zero-order valence-electron chi connectivity index (χ0n) is 10.5. The van der Waals surface area contributed by atoms with Crippen molar-refractivity contribution in [1.82, 2.24) is 9.97 Å². The van der Waals surface area contributed by atoms with Gasteiger partial charge >= 0.3 is 5.97 Å². The van der Waals surface area contributed by atoms with Crippen LogP contribution >= 0.6 is 0 Å². The minimum Gasteiger partial charge on any atom is -0.481 e. The minimum absolute atomic E-state index is 0.188. The van der Waals surface area contributed by atoms with Gasteiger partial charge in [0.25, 0.3) is 0 Å². The Morgan fingerprint density at radius 1 is 1.61 bits per heavy atom. The van der Waals surface area contributed by atoms with Crippen molar-refractivity contribution < 1.29 is 14.6 Å². The first-order valence-electron chi connectivity index (χ1n) is 6.04. The van der Waals surface area contributed by atoms with Crippen LogP contribution < -0.4 is 9.64 Å². The molecule has 2 rings (SSSR count). The SMILES string of the molecule is CCOc1cc(N2CC(C(C)C(=O)O)C2)ncn1. The van der Waals surface area contributed by atoms with Crippen molar-refractivity contribution >= 4 is 11.8 Å². The number of hydrogen-bond donors (Lipinski definition) is 1. The Bertz CT molecular complexity index is 432. The molecule has 0 radical (unpaired) electrons. The maximum absolute atomic E-state index is 10.9. The molecule has 0 spiro atoms. The summed E-state index contributed by atoms with van der Waals surface area (Å²) in [6.45, 7) is 5.65. The highest BCUT2D eigenvalue weighted by Crippen LogP contribution is 2.29. The lowest BCUT2D eigenvalue weighted by molar-refractivity contribution is -0.143. The van der Waals surface area contributed by atoms with Crippen molar-refractivity contribution in [1.29, 1.82) is 0 Å². The predicted molar refractivity (Wildman–Crippen MR) is 65.7 cm³/mol. The summed E-state index contributed by atoms with van der Waals surface area (Å²) < 4.78 is 5.31. The van der Waals surface area contributed by atoms with Gasteiger partial charge in [0.1, 0.15) is 12.1 Å². The molecule has 0 saturated carbocycles. The maximum atomic E-state index is 10.9. The van der Waals surface area contributed by atoms with Crippen LogP contribution in [-0.2, 0) is 4.79 Å². The van der Waals surface area contributed by atoms with E-state index in [1.54, 1.807) is 13.0 Å². The Balaban J connectivity index is 1.95. The Morgan fingerprint density at radius 2 is 2.33 bits per heavy atom. The summed E-state index contributed by atoms with van der Waals surface area (Å²) in [5.41, 5.74) is 0. The molecule has 1 fully saturated rings. The van der Waals surface area contributed by atoms with Gasteiger partial charge in [0.05, 0.1) is 12.5 Å². The molecule has 2 heterocycles. The largest absolute Gasteiger partial charge is 0.481 e. The third-order valence-corrected chi connectivity index (χ3v) is 3.25. The molecular weight excluding hydrogens is 234 g/mol. The number of nitrogens with zero attached hydrogens (tertiary/aromatic N) is 3. The van der Waals surface area contributed by atoms with Crippen LogP contribution in [0.1, 0.15) is 13.8 Å². The van der Waals surface area contributed by atoms with E-state index in [2.05, 4.69) is 9.97 Å². The lowest BCUT2D eigenvalue weighted by Crippen LogP contribution is -2.51. The van der Waals surface area contributed by atoms with E-state index in [-0.39, 0.29) is 11.8 Å². The van der Waals surface area contributed by atoms with E-state index < -0.39 is 5.97 Å². The molecule has 1 aromatic heterocycles. The summed E-state index contributed by atoms with van der Waals surface area (Å²) in [6, 6.07) is 1.78. The first-order valence-corrected chi connectivity index (χ1v) is 6.04. The van der Waals surface area contributed by atoms with Crippen LogP contribution in [0.5, 0.6) is 5.88 Å². The van der Waals surface area contributed by atoms with Gasteiger partial charge in [-0.15, -0.1) is 0 Å². The number of hydrogen-bond acceptors (Lipinski definition) is 5. The van der Waals surface area contributed by atoms with Gasteiger partial charge in [-0.05, 0) is 6.92 Å². The highest BCUT2D eigenvalue weighted by atomic mass is 16.5. The van der Waals surface area contributed by atoms with E-state index in [1.807, 2.05) is 11.8 Å². The van der Waals surface area contributed by atoms with E-state index in [0.29, 0.717) is 12.5 Å². The van der Waals surface area contributed by atoms with Gasteiger partial charge in [-0.25, -0.2) is 9.97 Å². The number of aromatic nitrogens is 2. The van der Waals surface area contributed by atoms with Crippen molar-refractivity contribution in [3.8, 4) is 5.88 Å². The molecule has 1 aliphatic rings. The number of rotatable bonds is 5. The maximum Gasteiger partial charge on any atom is 0.306 e. The third-order valence-electron chi connectivity index (χ3n) is 3.25. The lowest BCUT2D eigenvalue weighted by Gasteiger charge is -2.41. The molecule has 0 bridgehead atoms. The van der Waals surface area contributed by atoms with Crippen molar-refractivity contribution in [3.63, 3.8) is 0 Å². The van der Waals surface area contributed by atoms with Gasteiger partial charge in [0, 0.05) is 25.1 Å². The van der Waals surface area contributed by atoms with Crippen molar-refractivity contribution in [3.05, 3.63) is 12.4 Å². The zero-order chi connectivity index (χ0) is 13.1. The van der Waals surface area contributed by atoms with Crippen LogP contribution in [0.15, 0.2) is 12.4 Å². The summed E-state index contributed by atoms with van der Waals surface area (Å²) in [4.78, 5) is 21.1. The Morgan fingerprint density at radius 3 is 2.94 bits per heavy atom. The number of carboxylic acid groups (broad SMARTS) is 1. The second kappa shape index (κ2) is 5.20. The molecule has 0 aliphatic carbocycles. The monoisotopic (exact) mass is 251 g/mol. The Kier molecular flexibility index (Phi) is 3.64. The molecule has 18 heavy (non-hydrogen) atoms. The zero-order valence-corrected chi connectivity index (χ0v) is 10.5. The van der Waals surface area contributed by atoms with Crippen molar-refractivity contribution in [2.24, 2.45) is 11.8 Å². The first-order chi connectivity index (χ1) is 8.61. The molecule has 1 unspecified atom stereocenters. The van der Waals surface area contributed by atoms with Gasteiger partial charge < -0.3 is 14.7 Å². The minimum atomic E-state index is -0.739. The smallest absolute Gasteiger partial charge is 0.306 e. The molecule has 6 nitrogen and oxygen atoms in total. The van der Waals surface area contributed by atoms with Gasteiger partial charge in [0.2, 0.25) is 5.88 Å². The van der Waals surface area contributed by atoms with Crippen LogP contribution in [0.2, 0.25) is 0 Å². The van der Waals surface area contributed by atoms with Gasteiger partial charge in [-0.1, -0.05) is 6.92 Å². The fraction of sp³-hybridized carbons (Fsp3) is 0.583. The molecule has 98 valence electrons. The third kappa shape index (κ3) is 2.52. The summed E-state index contributed by atoms with van der Waals surface area (Å²) in [6.07, 6.45) is 1.47. The number of ether oxygens (including phenoxy) is 1. The fourth-order valence-corrected chi connectivity index (χ4v) is 1.95. The Hall–Kier alpha value is -1.85. The molecular formula is C12H17N3O3. The van der Waals surface area contributed by atoms with Crippen LogP contribution in [0.4, 0.5) is 5.82 Å². The number of anilines is 1. The average Bonchev–Trinajstić information content (AvgIpc) is 2.27. The van der Waals surface area contributed by atoms with Crippen LogP contribution in [0.3, 0.4) is 0 Å². The molecule has 0 aromatic carbocycles. The second-order valence-corrected chi connectivity index (χ2v) is 4.44. The molecule has 1 aromatic rings. The summed E-state index contributed by atoms with van der Waals surface area (Å²) in [5, 5.41) is 8.92. The summed E-state index contributed by atoms with van der Waals surface area (Å²) >= 11 is 0. The first kappa shape index (κ1) is 12.6. The summed E-state index contributed by atoms with van der Waals surface area (Å²) in [5.74, 6) is 0.485. The van der Waals surface area contributed by atoms with Crippen LogP contribution in [0.25, 0.3) is 0 Å². The Labute approximate surface area is 106 Å². The van der Waals surface area contributed by atoms with Crippen LogP contribution in [-0.4, -0.2) is 40.7 Å². The molecule has 1 aliphatic heterocycles. The van der Waals surface area contributed by atoms with E-state index in [1.165, 1.54) is 6.33 Å². The van der Waals surface area contributed by atoms with Gasteiger partial charge in [-0.2, -0.15) is 0 Å². The topological polar surface area (TPSA) is 75.5 Å². The number of carboxylic acids is 1. The summed E-state index contributed by atoms with van der Waals surface area (Å²) in [7, 11) is 0. The van der Waals surface area contributed by atoms with Crippen molar-refractivity contribution in [2.75, 3.05) is 24.6 Å². The quantitative estimate of drug-likeness (QED) is 0.842. The highest BCUT2D eigenvalue weighted by Gasteiger charge is 2.35. The van der Waals surface area contributed by atoms with E-state index in [9.17, 15) is 4.79 Å². The van der Waals surface area contributed by atoms with E-state index in [0.717, 1.165) is 18.9 Å². The molecule has 1 N–H and O–H groups in total. The molecule has 1 saturated heterocycles. The predicted octanol–water partition coefficient (Wildman–Crippen LogP) is 1.03. The van der Waals surface area contributed by atoms with E-state index in [4.69, 9.17) is 9.84 Å². The lowest BCUT2D eigenvalue weighted by atomic mass is 9.87. The van der Waals surface area contributed by atoms with Gasteiger partial charge in [0.15, 0.2) is 0 Å². The number of carbonyl (C=O) groups is 1.